The van der Waals surface area contributed by atoms with Gasteiger partial charge >= 0.3 is 0 Å². The molecular formula is C16H18ClN3O2. The highest BCUT2D eigenvalue weighted by atomic mass is 35.5. The fourth-order valence-corrected chi connectivity index (χ4v) is 2.95. The van der Waals surface area contributed by atoms with Gasteiger partial charge in [-0.2, -0.15) is 0 Å². The molecule has 0 unspecified atom stereocenters. The minimum absolute atomic E-state index is 0.204. The van der Waals surface area contributed by atoms with Gasteiger partial charge in [0.25, 0.3) is 0 Å². The van der Waals surface area contributed by atoms with E-state index in [9.17, 15) is 4.79 Å². The van der Waals surface area contributed by atoms with Crippen LogP contribution in [0.1, 0.15) is 5.56 Å². The number of aromatic nitrogens is 1. The summed E-state index contributed by atoms with van der Waals surface area (Å²) in [6.07, 6.45) is 0. The first-order valence-corrected chi connectivity index (χ1v) is 7.70. The summed E-state index contributed by atoms with van der Waals surface area (Å²) in [4.78, 5) is 19.8. The molecule has 6 heteroatoms. The highest BCUT2D eigenvalue weighted by Crippen LogP contribution is 2.22. The molecule has 0 bridgehead atoms. The zero-order valence-electron chi connectivity index (χ0n) is 12.2. The highest BCUT2D eigenvalue weighted by molar-refractivity contribution is 6.30. The lowest BCUT2D eigenvalue weighted by Gasteiger charge is -2.34. The van der Waals surface area contributed by atoms with Crippen LogP contribution in [0.25, 0.3) is 10.9 Å². The molecule has 22 heavy (non-hydrogen) atoms. The third kappa shape index (κ3) is 3.21. The smallest absolute Gasteiger partial charge is 0.248 e. The molecule has 1 fully saturated rings. The van der Waals surface area contributed by atoms with Gasteiger partial charge in [-0.25, -0.2) is 4.98 Å². The molecule has 1 aliphatic heterocycles. The number of fused-ring (bicyclic) bond motifs is 1. The number of piperazine rings is 1. The third-order valence-electron chi connectivity index (χ3n) is 4.00. The maximum atomic E-state index is 11.5. The fourth-order valence-electron chi connectivity index (χ4n) is 2.74. The first-order chi connectivity index (χ1) is 10.7. The average Bonchev–Trinajstić information content (AvgIpc) is 2.55. The van der Waals surface area contributed by atoms with Crippen molar-refractivity contribution in [3.63, 3.8) is 0 Å². The van der Waals surface area contributed by atoms with Crippen LogP contribution in [-0.4, -0.2) is 58.6 Å². The lowest BCUT2D eigenvalue weighted by molar-refractivity contribution is -0.135. The summed E-state index contributed by atoms with van der Waals surface area (Å²) in [6, 6.07) is 9.99. The Labute approximate surface area is 134 Å². The number of para-hydroxylation sites is 1. The van der Waals surface area contributed by atoms with Crippen molar-refractivity contribution in [3.05, 3.63) is 41.0 Å². The second kappa shape index (κ2) is 6.60. The molecule has 1 N–H and O–H groups in total. The van der Waals surface area contributed by atoms with E-state index in [1.807, 2.05) is 24.3 Å². The van der Waals surface area contributed by atoms with Crippen LogP contribution < -0.4 is 0 Å². The summed E-state index contributed by atoms with van der Waals surface area (Å²) in [5.41, 5.74) is 1.90. The normalized spacial score (nSPS) is 16.2. The topological polar surface area (TPSA) is 56.7 Å². The summed E-state index contributed by atoms with van der Waals surface area (Å²) < 4.78 is 0. The maximum Gasteiger partial charge on any atom is 0.248 e. The van der Waals surface area contributed by atoms with E-state index in [0.29, 0.717) is 18.2 Å². The highest BCUT2D eigenvalue weighted by Gasteiger charge is 2.21. The Balaban J connectivity index is 1.69. The molecule has 1 saturated heterocycles. The van der Waals surface area contributed by atoms with Gasteiger partial charge in [0.2, 0.25) is 5.91 Å². The predicted molar refractivity (Wildman–Crippen MR) is 85.7 cm³/mol. The van der Waals surface area contributed by atoms with Gasteiger partial charge in [-0.1, -0.05) is 29.8 Å². The maximum absolute atomic E-state index is 11.5. The van der Waals surface area contributed by atoms with E-state index in [0.717, 1.165) is 36.1 Å². The molecule has 2 aromatic rings. The van der Waals surface area contributed by atoms with Gasteiger partial charge in [0.15, 0.2) is 0 Å². The van der Waals surface area contributed by atoms with E-state index < -0.39 is 6.61 Å². The number of nitrogens with zero attached hydrogens (tertiary/aromatic N) is 3. The SMILES string of the molecule is O=C(CO)N1CCN(Cc2cc3ccccc3nc2Cl)CC1. The van der Waals surface area contributed by atoms with Crippen LogP contribution in [0, 0.1) is 0 Å². The molecule has 1 aromatic heterocycles. The number of aliphatic hydroxyl groups excluding tert-OH is 1. The molecule has 2 heterocycles. The van der Waals surface area contributed by atoms with Gasteiger partial charge in [-0.15, -0.1) is 0 Å². The molecule has 116 valence electrons. The van der Waals surface area contributed by atoms with Crippen molar-refractivity contribution in [1.29, 1.82) is 0 Å². The van der Waals surface area contributed by atoms with E-state index in [1.165, 1.54) is 0 Å². The van der Waals surface area contributed by atoms with Crippen molar-refractivity contribution in [1.82, 2.24) is 14.8 Å². The number of hydrogen-bond donors (Lipinski definition) is 1. The summed E-state index contributed by atoms with van der Waals surface area (Å²) in [5, 5.41) is 10.5. The monoisotopic (exact) mass is 319 g/mol. The molecule has 1 amide bonds. The van der Waals surface area contributed by atoms with E-state index in [4.69, 9.17) is 16.7 Å². The Morgan fingerprint density at radius 1 is 1.23 bits per heavy atom. The van der Waals surface area contributed by atoms with Crippen molar-refractivity contribution in [3.8, 4) is 0 Å². The Morgan fingerprint density at radius 2 is 1.95 bits per heavy atom. The first kappa shape index (κ1) is 15.2. The second-order valence-corrected chi connectivity index (χ2v) is 5.80. The van der Waals surface area contributed by atoms with Crippen LogP contribution >= 0.6 is 11.6 Å². The van der Waals surface area contributed by atoms with Crippen LogP contribution in [0.3, 0.4) is 0 Å². The van der Waals surface area contributed by atoms with Crippen LogP contribution in [0.15, 0.2) is 30.3 Å². The minimum atomic E-state index is -0.416. The molecule has 1 aromatic carbocycles. The van der Waals surface area contributed by atoms with E-state index in [2.05, 4.69) is 16.0 Å². The van der Waals surface area contributed by atoms with E-state index in [1.54, 1.807) is 4.90 Å². The zero-order valence-corrected chi connectivity index (χ0v) is 13.0. The predicted octanol–water partition coefficient (Wildman–Crippen LogP) is 1.52. The Morgan fingerprint density at radius 3 is 2.68 bits per heavy atom. The Bertz CT molecular complexity index is 684. The first-order valence-electron chi connectivity index (χ1n) is 7.32. The summed E-state index contributed by atoms with van der Waals surface area (Å²) in [6.45, 7) is 3.12. The van der Waals surface area contributed by atoms with Crippen molar-refractivity contribution in [2.75, 3.05) is 32.8 Å². The number of benzene rings is 1. The fraction of sp³-hybridized carbons (Fsp3) is 0.375. The quantitative estimate of drug-likeness (QED) is 0.872. The molecule has 0 aliphatic carbocycles. The Kier molecular flexibility index (Phi) is 4.57. The van der Waals surface area contributed by atoms with Gasteiger partial charge < -0.3 is 10.0 Å². The molecule has 0 saturated carbocycles. The minimum Gasteiger partial charge on any atom is -0.387 e. The van der Waals surface area contributed by atoms with Crippen molar-refractivity contribution in [2.24, 2.45) is 0 Å². The van der Waals surface area contributed by atoms with Gasteiger partial charge in [0, 0.05) is 43.7 Å². The van der Waals surface area contributed by atoms with Crippen molar-refractivity contribution < 1.29 is 9.90 Å². The number of pyridine rings is 1. The molecule has 5 nitrogen and oxygen atoms in total. The van der Waals surface area contributed by atoms with Crippen LogP contribution in [0.4, 0.5) is 0 Å². The number of aliphatic hydroxyl groups is 1. The molecular weight excluding hydrogens is 302 g/mol. The number of amides is 1. The van der Waals surface area contributed by atoms with E-state index >= 15 is 0 Å². The van der Waals surface area contributed by atoms with Gasteiger partial charge in [0.1, 0.15) is 11.8 Å². The number of carbonyl (C=O) groups is 1. The largest absolute Gasteiger partial charge is 0.387 e. The standard InChI is InChI=1S/C16H18ClN3O2/c17-16-13(9-12-3-1-2-4-14(12)18-16)10-19-5-7-20(8-6-19)15(22)11-21/h1-4,9,21H,5-8,10-11H2. The Hall–Kier alpha value is -1.69. The van der Waals surface area contributed by atoms with Gasteiger partial charge in [0.05, 0.1) is 5.52 Å². The summed E-state index contributed by atoms with van der Waals surface area (Å²) in [5.74, 6) is -0.204. The van der Waals surface area contributed by atoms with Gasteiger partial charge in [-0.3, -0.25) is 9.69 Å². The lowest BCUT2D eigenvalue weighted by Crippen LogP contribution is -2.49. The molecule has 3 rings (SSSR count). The molecule has 0 atom stereocenters. The second-order valence-electron chi connectivity index (χ2n) is 5.45. The van der Waals surface area contributed by atoms with Crippen molar-refractivity contribution >= 4 is 28.4 Å². The van der Waals surface area contributed by atoms with Crippen LogP contribution in [0.2, 0.25) is 5.15 Å². The summed E-state index contributed by atoms with van der Waals surface area (Å²) in [7, 11) is 0. The third-order valence-corrected chi connectivity index (χ3v) is 4.33. The van der Waals surface area contributed by atoms with Gasteiger partial charge in [-0.05, 0) is 12.1 Å². The number of hydrogen-bond acceptors (Lipinski definition) is 4. The van der Waals surface area contributed by atoms with Crippen LogP contribution in [0.5, 0.6) is 0 Å². The molecule has 1 aliphatic rings. The number of carbonyl (C=O) groups excluding carboxylic acids is 1. The lowest BCUT2D eigenvalue weighted by atomic mass is 10.1. The molecule has 0 radical (unpaired) electrons. The van der Waals surface area contributed by atoms with E-state index in [-0.39, 0.29) is 5.91 Å². The summed E-state index contributed by atoms with van der Waals surface area (Å²) >= 11 is 6.29. The average molecular weight is 320 g/mol. The van der Waals surface area contributed by atoms with Crippen molar-refractivity contribution in [2.45, 2.75) is 6.54 Å². The number of rotatable bonds is 3. The molecule has 0 spiro atoms. The zero-order chi connectivity index (χ0) is 15.5. The van der Waals surface area contributed by atoms with Crippen LogP contribution in [-0.2, 0) is 11.3 Å². The number of halogens is 1.